The third kappa shape index (κ3) is 1.36. The highest BCUT2D eigenvalue weighted by Crippen LogP contribution is 2.12. The van der Waals surface area contributed by atoms with E-state index in [2.05, 4.69) is 9.97 Å². The van der Waals surface area contributed by atoms with Crippen molar-refractivity contribution in [2.75, 3.05) is 5.73 Å². The molecule has 0 saturated heterocycles. The maximum Gasteiger partial charge on any atom is 0.221 e. The lowest BCUT2D eigenvalue weighted by Gasteiger charge is -1.97. The van der Waals surface area contributed by atoms with E-state index < -0.39 is 0 Å². The van der Waals surface area contributed by atoms with Gasteiger partial charge in [0.2, 0.25) is 5.95 Å². The van der Waals surface area contributed by atoms with E-state index in [9.17, 15) is 0 Å². The zero-order chi connectivity index (χ0) is 7.56. The summed E-state index contributed by atoms with van der Waals surface area (Å²) in [6.45, 7) is 1.99. The molecule has 0 saturated carbocycles. The van der Waals surface area contributed by atoms with Crippen molar-refractivity contribution in [1.82, 2.24) is 9.97 Å². The molecule has 0 radical (unpaired) electrons. The number of hydrogen-bond donors (Lipinski definition) is 1. The normalized spacial score (nSPS) is 9.80. The molecule has 0 unspecified atom stereocenters. The summed E-state index contributed by atoms with van der Waals surface area (Å²) in [7, 11) is 0. The van der Waals surface area contributed by atoms with E-state index >= 15 is 0 Å². The number of aryl methyl sites for hydroxylation is 1. The van der Waals surface area contributed by atoms with Crippen LogP contribution in [0.2, 0.25) is 5.15 Å². The Morgan fingerprint density at radius 1 is 1.70 bits per heavy atom. The third-order valence-corrected chi connectivity index (χ3v) is 1.54. The molecule has 0 amide bonds. The van der Waals surface area contributed by atoms with Gasteiger partial charge in [0.1, 0.15) is 5.15 Å². The van der Waals surface area contributed by atoms with Crippen LogP contribution >= 0.6 is 11.6 Å². The summed E-state index contributed by atoms with van der Waals surface area (Å²) in [5.41, 5.74) is 6.20. The second-order valence-electron chi connectivity index (χ2n) is 1.90. The maximum atomic E-state index is 5.70. The molecule has 0 aliphatic carbocycles. The quantitative estimate of drug-likeness (QED) is 0.625. The zero-order valence-corrected chi connectivity index (χ0v) is 6.39. The van der Waals surface area contributed by atoms with Crippen molar-refractivity contribution in [2.24, 2.45) is 0 Å². The van der Waals surface area contributed by atoms with Gasteiger partial charge in [-0.05, 0) is 6.42 Å². The van der Waals surface area contributed by atoms with Crippen LogP contribution in [0.4, 0.5) is 5.95 Å². The van der Waals surface area contributed by atoms with E-state index in [4.69, 9.17) is 17.3 Å². The highest BCUT2D eigenvalue weighted by molar-refractivity contribution is 6.30. The number of anilines is 1. The predicted octanol–water partition coefficient (Wildman–Crippen LogP) is 1.27. The fraction of sp³-hybridized carbons (Fsp3) is 0.333. The summed E-state index contributed by atoms with van der Waals surface area (Å²) in [5.74, 6) is 0.224. The summed E-state index contributed by atoms with van der Waals surface area (Å²) in [6, 6.07) is 0. The summed E-state index contributed by atoms with van der Waals surface area (Å²) < 4.78 is 0. The minimum atomic E-state index is 0.224. The predicted molar refractivity (Wildman–Crippen MR) is 40.8 cm³/mol. The van der Waals surface area contributed by atoms with E-state index in [1.807, 2.05) is 6.92 Å². The fourth-order valence-electron chi connectivity index (χ4n) is 0.636. The van der Waals surface area contributed by atoms with E-state index in [1.54, 1.807) is 6.20 Å². The maximum absolute atomic E-state index is 5.70. The van der Waals surface area contributed by atoms with Gasteiger partial charge in [-0.3, -0.25) is 0 Å². The summed E-state index contributed by atoms with van der Waals surface area (Å²) >= 11 is 5.70. The molecule has 4 heteroatoms. The average molecular weight is 158 g/mol. The molecule has 0 aliphatic rings. The molecule has 2 N–H and O–H groups in total. The van der Waals surface area contributed by atoms with Gasteiger partial charge in [-0.1, -0.05) is 18.5 Å². The Kier molecular flexibility index (Phi) is 2.06. The van der Waals surface area contributed by atoms with Gasteiger partial charge in [0.15, 0.2) is 0 Å². The number of nitrogens with zero attached hydrogens (tertiary/aromatic N) is 2. The fourth-order valence-corrected chi connectivity index (χ4v) is 0.905. The summed E-state index contributed by atoms with van der Waals surface area (Å²) in [4.78, 5) is 7.57. The Bertz CT molecular complexity index is 236. The number of nitrogens with two attached hydrogens (primary N) is 1. The Balaban J connectivity index is 3.07. The van der Waals surface area contributed by atoms with Crippen LogP contribution in [0.3, 0.4) is 0 Å². The van der Waals surface area contributed by atoms with Crippen LogP contribution < -0.4 is 5.73 Å². The molecule has 1 heterocycles. The van der Waals surface area contributed by atoms with Crippen molar-refractivity contribution in [3.05, 3.63) is 16.9 Å². The van der Waals surface area contributed by atoms with Gasteiger partial charge >= 0.3 is 0 Å². The molecule has 1 rings (SSSR count). The second kappa shape index (κ2) is 2.84. The second-order valence-corrected chi connectivity index (χ2v) is 2.26. The van der Waals surface area contributed by atoms with Crippen molar-refractivity contribution in [1.29, 1.82) is 0 Å². The van der Waals surface area contributed by atoms with Gasteiger partial charge in [0, 0.05) is 11.8 Å². The first kappa shape index (κ1) is 7.28. The molecule has 0 bridgehead atoms. The molecule has 3 nitrogen and oxygen atoms in total. The molecule has 10 heavy (non-hydrogen) atoms. The van der Waals surface area contributed by atoms with Crippen LogP contribution in [0.5, 0.6) is 0 Å². The van der Waals surface area contributed by atoms with Crippen LogP contribution in [0, 0.1) is 0 Å². The van der Waals surface area contributed by atoms with Gasteiger partial charge < -0.3 is 5.73 Å². The van der Waals surface area contributed by atoms with Crippen molar-refractivity contribution in [3.8, 4) is 0 Å². The Hall–Kier alpha value is -0.830. The summed E-state index contributed by atoms with van der Waals surface area (Å²) in [6.07, 6.45) is 2.48. The molecule has 0 aliphatic heterocycles. The van der Waals surface area contributed by atoms with Gasteiger partial charge in [-0.25, -0.2) is 9.97 Å². The van der Waals surface area contributed by atoms with Gasteiger partial charge in [-0.2, -0.15) is 0 Å². The van der Waals surface area contributed by atoms with Crippen LogP contribution in [-0.2, 0) is 6.42 Å². The molecule has 0 atom stereocenters. The number of aromatic nitrogens is 2. The molecule has 54 valence electrons. The smallest absolute Gasteiger partial charge is 0.221 e. The Labute approximate surface area is 64.2 Å². The number of halogens is 1. The van der Waals surface area contributed by atoms with Crippen molar-refractivity contribution in [3.63, 3.8) is 0 Å². The minimum absolute atomic E-state index is 0.224. The number of rotatable bonds is 1. The largest absolute Gasteiger partial charge is 0.368 e. The van der Waals surface area contributed by atoms with Crippen molar-refractivity contribution in [2.45, 2.75) is 13.3 Å². The zero-order valence-electron chi connectivity index (χ0n) is 5.63. The van der Waals surface area contributed by atoms with Crippen LogP contribution in [-0.4, -0.2) is 9.97 Å². The number of hydrogen-bond acceptors (Lipinski definition) is 3. The monoisotopic (exact) mass is 157 g/mol. The first-order valence-electron chi connectivity index (χ1n) is 3.01. The lowest BCUT2D eigenvalue weighted by Crippen LogP contribution is -1.96. The summed E-state index contributed by atoms with van der Waals surface area (Å²) in [5, 5.41) is 0.454. The average Bonchev–Trinajstić information content (AvgIpc) is 1.88. The lowest BCUT2D eigenvalue weighted by molar-refractivity contribution is 1.05. The topological polar surface area (TPSA) is 51.8 Å². The molecule has 1 aromatic heterocycles. The van der Waals surface area contributed by atoms with Crippen molar-refractivity contribution >= 4 is 17.5 Å². The lowest BCUT2D eigenvalue weighted by atomic mass is 10.3. The van der Waals surface area contributed by atoms with Gasteiger partial charge in [-0.15, -0.1) is 0 Å². The van der Waals surface area contributed by atoms with Crippen LogP contribution in [0.1, 0.15) is 12.5 Å². The minimum Gasteiger partial charge on any atom is -0.368 e. The Morgan fingerprint density at radius 2 is 2.40 bits per heavy atom. The van der Waals surface area contributed by atoms with E-state index in [0.29, 0.717) is 5.15 Å². The number of nitrogen functional groups attached to an aromatic ring is 1. The van der Waals surface area contributed by atoms with Crippen LogP contribution in [0.15, 0.2) is 6.20 Å². The van der Waals surface area contributed by atoms with E-state index in [0.717, 1.165) is 12.0 Å². The van der Waals surface area contributed by atoms with Gasteiger partial charge in [0.05, 0.1) is 0 Å². The molecule has 1 aromatic rings. The third-order valence-electron chi connectivity index (χ3n) is 1.21. The molecular formula is C6H8ClN3. The molecular weight excluding hydrogens is 150 g/mol. The highest BCUT2D eigenvalue weighted by atomic mass is 35.5. The van der Waals surface area contributed by atoms with E-state index in [1.165, 1.54) is 0 Å². The Morgan fingerprint density at radius 3 is 2.90 bits per heavy atom. The SMILES string of the molecule is CCc1cnc(N)nc1Cl. The standard InChI is InChI=1S/C6H8ClN3/c1-2-4-3-9-6(8)10-5(4)7/h3H,2H2,1H3,(H2,8,9,10). The van der Waals surface area contributed by atoms with Gasteiger partial charge in [0.25, 0.3) is 0 Å². The van der Waals surface area contributed by atoms with Crippen LogP contribution in [0.25, 0.3) is 0 Å². The highest BCUT2D eigenvalue weighted by Gasteiger charge is 1.98. The van der Waals surface area contributed by atoms with Crippen molar-refractivity contribution < 1.29 is 0 Å². The molecule has 0 fully saturated rings. The first-order chi connectivity index (χ1) is 4.74. The molecule has 0 spiro atoms. The van der Waals surface area contributed by atoms with E-state index in [-0.39, 0.29) is 5.95 Å². The molecule has 0 aromatic carbocycles. The first-order valence-corrected chi connectivity index (χ1v) is 3.38.